The molecular formula is C12H15ClN4. The van der Waals surface area contributed by atoms with E-state index in [1.54, 1.807) is 12.4 Å². The first-order valence-corrected chi connectivity index (χ1v) is 5.93. The summed E-state index contributed by atoms with van der Waals surface area (Å²) in [5.41, 5.74) is 0. The molecule has 0 aliphatic carbocycles. The van der Waals surface area contributed by atoms with Crippen molar-refractivity contribution in [3.8, 4) is 0 Å². The molecule has 2 heterocycles. The van der Waals surface area contributed by atoms with E-state index >= 15 is 0 Å². The van der Waals surface area contributed by atoms with Gasteiger partial charge < -0.3 is 9.88 Å². The molecule has 4 nitrogen and oxygen atoms in total. The van der Waals surface area contributed by atoms with Crippen LogP contribution in [0.1, 0.15) is 6.92 Å². The van der Waals surface area contributed by atoms with Gasteiger partial charge in [0.25, 0.3) is 0 Å². The summed E-state index contributed by atoms with van der Waals surface area (Å²) in [6.07, 6.45) is 7.30. The minimum atomic E-state index is 0.474. The van der Waals surface area contributed by atoms with E-state index in [9.17, 15) is 0 Å². The maximum absolute atomic E-state index is 6.01. The van der Waals surface area contributed by atoms with Crippen molar-refractivity contribution < 1.29 is 0 Å². The number of hydrogen-bond donors (Lipinski definition) is 1. The van der Waals surface area contributed by atoms with E-state index in [-0.39, 0.29) is 0 Å². The number of anilines is 1. The molecule has 0 saturated carbocycles. The Balaban J connectivity index is 1.84. The molecule has 0 aliphatic rings. The van der Waals surface area contributed by atoms with Crippen LogP contribution in [0.25, 0.3) is 0 Å². The van der Waals surface area contributed by atoms with Gasteiger partial charge in [-0.2, -0.15) is 0 Å². The average molecular weight is 251 g/mol. The van der Waals surface area contributed by atoms with Crippen molar-refractivity contribution in [3.05, 3.63) is 42.1 Å². The quantitative estimate of drug-likeness (QED) is 0.887. The van der Waals surface area contributed by atoms with Crippen LogP contribution >= 0.6 is 11.6 Å². The molecule has 5 heteroatoms. The van der Waals surface area contributed by atoms with Crippen LogP contribution in [0.4, 0.5) is 5.82 Å². The van der Waals surface area contributed by atoms with Gasteiger partial charge in [-0.1, -0.05) is 18.5 Å². The van der Waals surface area contributed by atoms with Crippen LogP contribution in [0, 0.1) is 5.92 Å². The van der Waals surface area contributed by atoms with Crippen molar-refractivity contribution >= 4 is 17.4 Å². The number of aromatic nitrogens is 3. The Morgan fingerprint density at radius 3 is 3.06 bits per heavy atom. The minimum absolute atomic E-state index is 0.474. The molecule has 0 radical (unpaired) electrons. The predicted molar refractivity (Wildman–Crippen MR) is 69.1 cm³/mol. The van der Waals surface area contributed by atoms with Crippen LogP contribution in [0.15, 0.2) is 37.1 Å². The van der Waals surface area contributed by atoms with Crippen LogP contribution < -0.4 is 5.32 Å². The van der Waals surface area contributed by atoms with Gasteiger partial charge in [-0.25, -0.2) is 9.97 Å². The van der Waals surface area contributed by atoms with Gasteiger partial charge in [0.15, 0.2) is 0 Å². The summed E-state index contributed by atoms with van der Waals surface area (Å²) >= 11 is 6.01. The number of hydrogen-bond acceptors (Lipinski definition) is 3. The number of rotatable bonds is 5. The molecule has 2 rings (SSSR count). The molecule has 1 atom stereocenters. The molecule has 1 N–H and O–H groups in total. The summed E-state index contributed by atoms with van der Waals surface area (Å²) in [6, 6.07) is 3.65. The van der Waals surface area contributed by atoms with Gasteiger partial charge >= 0.3 is 0 Å². The van der Waals surface area contributed by atoms with E-state index in [0.29, 0.717) is 10.9 Å². The van der Waals surface area contributed by atoms with Gasteiger partial charge in [0.05, 0.1) is 11.3 Å². The Hall–Kier alpha value is -1.55. The second kappa shape index (κ2) is 5.68. The van der Waals surface area contributed by atoms with Gasteiger partial charge in [-0.05, 0) is 18.1 Å². The van der Waals surface area contributed by atoms with Crippen LogP contribution in [-0.2, 0) is 6.54 Å². The second-order valence-corrected chi connectivity index (χ2v) is 4.49. The van der Waals surface area contributed by atoms with Gasteiger partial charge in [-0.3, -0.25) is 0 Å². The van der Waals surface area contributed by atoms with E-state index < -0.39 is 0 Å². The molecule has 0 bridgehead atoms. The summed E-state index contributed by atoms with van der Waals surface area (Å²) in [5.74, 6) is 1.22. The monoisotopic (exact) mass is 250 g/mol. The Bertz CT molecular complexity index is 455. The van der Waals surface area contributed by atoms with Crippen molar-refractivity contribution in [2.45, 2.75) is 13.5 Å². The van der Waals surface area contributed by atoms with Crippen molar-refractivity contribution in [2.75, 3.05) is 11.9 Å². The summed E-state index contributed by atoms with van der Waals surface area (Å²) < 4.78 is 2.06. The highest BCUT2D eigenvalue weighted by atomic mass is 35.5. The largest absolute Gasteiger partial charge is 0.369 e. The third-order valence-electron chi connectivity index (χ3n) is 2.46. The molecule has 0 spiro atoms. The molecule has 90 valence electrons. The molecule has 2 aromatic rings. The SMILES string of the molecule is C[C@H](CNc1ncccc1Cl)Cn1ccnc1. The topological polar surface area (TPSA) is 42.7 Å². The maximum atomic E-state index is 6.01. The average Bonchev–Trinajstić information content (AvgIpc) is 2.81. The Morgan fingerprint density at radius 2 is 2.35 bits per heavy atom. The van der Waals surface area contributed by atoms with Crippen LogP contribution in [0.3, 0.4) is 0 Å². The number of halogens is 1. The molecule has 2 aromatic heterocycles. The minimum Gasteiger partial charge on any atom is -0.369 e. The van der Waals surface area contributed by atoms with E-state index in [4.69, 9.17) is 11.6 Å². The molecule has 0 unspecified atom stereocenters. The lowest BCUT2D eigenvalue weighted by Gasteiger charge is -2.14. The second-order valence-electron chi connectivity index (χ2n) is 4.08. The number of nitrogens with zero attached hydrogens (tertiary/aromatic N) is 3. The summed E-state index contributed by atoms with van der Waals surface area (Å²) in [4.78, 5) is 8.20. The molecule has 0 saturated heterocycles. The third kappa shape index (κ3) is 3.46. The standard InChI is InChI=1S/C12H15ClN4/c1-10(8-17-6-5-14-9-17)7-16-12-11(13)3-2-4-15-12/h2-6,9-10H,7-8H2,1H3,(H,15,16)/t10-/m1/s1. The molecular weight excluding hydrogens is 236 g/mol. The van der Waals surface area contributed by atoms with Gasteiger partial charge in [0, 0.05) is 31.7 Å². The predicted octanol–water partition coefficient (Wildman–Crippen LogP) is 2.68. The zero-order valence-electron chi connectivity index (χ0n) is 9.68. The van der Waals surface area contributed by atoms with Crippen molar-refractivity contribution in [1.29, 1.82) is 0 Å². The first-order chi connectivity index (χ1) is 8.25. The van der Waals surface area contributed by atoms with Gasteiger partial charge in [0.2, 0.25) is 0 Å². The summed E-state index contributed by atoms with van der Waals surface area (Å²) in [7, 11) is 0. The zero-order chi connectivity index (χ0) is 12.1. The first-order valence-electron chi connectivity index (χ1n) is 5.56. The Morgan fingerprint density at radius 1 is 1.47 bits per heavy atom. The number of pyridine rings is 1. The first kappa shape index (κ1) is 11.9. The lowest BCUT2D eigenvalue weighted by atomic mass is 10.2. The van der Waals surface area contributed by atoms with Crippen LogP contribution in [0.2, 0.25) is 5.02 Å². The van der Waals surface area contributed by atoms with Crippen molar-refractivity contribution in [2.24, 2.45) is 5.92 Å². The normalized spacial score (nSPS) is 12.4. The molecule has 0 fully saturated rings. The Kier molecular flexibility index (Phi) is 3.98. The highest BCUT2D eigenvalue weighted by Gasteiger charge is 2.05. The summed E-state index contributed by atoms with van der Waals surface area (Å²) in [6.45, 7) is 3.93. The fraction of sp³-hybridized carbons (Fsp3) is 0.333. The van der Waals surface area contributed by atoms with Crippen molar-refractivity contribution in [1.82, 2.24) is 14.5 Å². The van der Waals surface area contributed by atoms with Crippen LogP contribution in [0.5, 0.6) is 0 Å². The molecule has 17 heavy (non-hydrogen) atoms. The van der Waals surface area contributed by atoms with E-state index in [2.05, 4.69) is 26.8 Å². The molecule has 0 aliphatic heterocycles. The maximum Gasteiger partial charge on any atom is 0.144 e. The number of nitrogens with one attached hydrogen (secondary N) is 1. The molecule has 0 amide bonds. The summed E-state index contributed by atoms with van der Waals surface area (Å²) in [5, 5.41) is 3.90. The zero-order valence-corrected chi connectivity index (χ0v) is 10.4. The lowest BCUT2D eigenvalue weighted by molar-refractivity contribution is 0.502. The number of imidazole rings is 1. The lowest BCUT2D eigenvalue weighted by Crippen LogP contribution is -2.17. The van der Waals surface area contributed by atoms with Gasteiger partial charge in [-0.15, -0.1) is 0 Å². The van der Waals surface area contributed by atoms with E-state index in [1.807, 2.05) is 24.7 Å². The molecule has 0 aromatic carbocycles. The smallest absolute Gasteiger partial charge is 0.144 e. The fourth-order valence-electron chi connectivity index (χ4n) is 1.61. The third-order valence-corrected chi connectivity index (χ3v) is 2.76. The fourth-order valence-corrected chi connectivity index (χ4v) is 1.79. The van der Waals surface area contributed by atoms with Crippen LogP contribution in [-0.4, -0.2) is 21.1 Å². The van der Waals surface area contributed by atoms with Crippen molar-refractivity contribution in [3.63, 3.8) is 0 Å². The Labute approximate surface area is 106 Å². The highest BCUT2D eigenvalue weighted by molar-refractivity contribution is 6.32. The highest BCUT2D eigenvalue weighted by Crippen LogP contribution is 2.17. The van der Waals surface area contributed by atoms with E-state index in [1.165, 1.54) is 0 Å². The van der Waals surface area contributed by atoms with E-state index in [0.717, 1.165) is 18.9 Å². The van der Waals surface area contributed by atoms with Gasteiger partial charge in [0.1, 0.15) is 5.82 Å².